The number of para-hydroxylation sites is 3. The van der Waals surface area contributed by atoms with Crippen molar-refractivity contribution in [2.24, 2.45) is 0 Å². The van der Waals surface area contributed by atoms with Crippen LogP contribution < -0.4 is 14.4 Å². The second kappa shape index (κ2) is 10.1. The molecule has 0 saturated heterocycles. The number of thioether (sulfide) groups is 1. The van der Waals surface area contributed by atoms with E-state index >= 15 is 0 Å². The Bertz CT molecular complexity index is 2430. The lowest BCUT2D eigenvalue weighted by atomic mass is 9.66. The summed E-state index contributed by atoms with van der Waals surface area (Å²) in [6.07, 6.45) is 0.0505. The van der Waals surface area contributed by atoms with Gasteiger partial charge in [0.15, 0.2) is 0 Å². The van der Waals surface area contributed by atoms with E-state index in [1.807, 2.05) is 11.8 Å². The number of nitrogens with zero attached hydrogens (tertiary/aromatic N) is 1. The van der Waals surface area contributed by atoms with Gasteiger partial charge in [-0.3, -0.25) is 0 Å². The Balaban J connectivity index is 1.10. The van der Waals surface area contributed by atoms with Crippen LogP contribution in [0.3, 0.4) is 0 Å². The first-order valence-electron chi connectivity index (χ1n) is 16.8. The van der Waals surface area contributed by atoms with Crippen LogP contribution in [0.5, 0.6) is 17.2 Å². The molecule has 1 spiro atoms. The van der Waals surface area contributed by atoms with Gasteiger partial charge < -0.3 is 14.4 Å². The summed E-state index contributed by atoms with van der Waals surface area (Å²) in [5.41, 5.74) is 12.7. The maximum absolute atomic E-state index is 6.72. The van der Waals surface area contributed by atoms with Gasteiger partial charge in [-0.25, -0.2) is 0 Å². The molecule has 3 aliphatic heterocycles. The molecule has 0 N–H and O–H groups in total. The highest BCUT2D eigenvalue weighted by Crippen LogP contribution is 2.63. The maximum atomic E-state index is 6.72. The van der Waals surface area contributed by atoms with Gasteiger partial charge in [0.1, 0.15) is 23.4 Å². The molecule has 1 aliphatic carbocycles. The van der Waals surface area contributed by atoms with E-state index in [0.29, 0.717) is 0 Å². The standard InChI is InChI=1S/C45H29NO2S/c1-2-12-28(13-3-1)46(30-22-24-32-41(27-30)48-43-33-15-5-11-21-42(33)49-44(32)43)29-23-25-36-34(26-29)31-14-4-6-16-35(31)45(36)37-17-7-9-19-39(37)47-40-20-10-8-18-38(40)45/h1-27,43-44H. The van der Waals surface area contributed by atoms with Gasteiger partial charge in [-0.05, 0) is 70.8 Å². The van der Waals surface area contributed by atoms with Crippen LogP contribution in [0.1, 0.15) is 44.7 Å². The van der Waals surface area contributed by atoms with Crippen molar-refractivity contribution in [2.75, 3.05) is 4.90 Å². The Labute approximate surface area is 289 Å². The molecule has 0 aromatic heterocycles. The smallest absolute Gasteiger partial charge is 0.141 e. The molecular weight excluding hydrogens is 619 g/mol. The van der Waals surface area contributed by atoms with Crippen LogP contribution in [0.15, 0.2) is 169 Å². The summed E-state index contributed by atoms with van der Waals surface area (Å²) in [7, 11) is 0. The second-order valence-electron chi connectivity index (χ2n) is 13.1. The predicted octanol–water partition coefficient (Wildman–Crippen LogP) is 11.9. The topological polar surface area (TPSA) is 21.7 Å². The Morgan fingerprint density at radius 2 is 1.10 bits per heavy atom. The minimum absolute atomic E-state index is 0.0505. The van der Waals surface area contributed by atoms with Crippen molar-refractivity contribution in [3.05, 3.63) is 197 Å². The molecule has 4 aliphatic rings. The van der Waals surface area contributed by atoms with Gasteiger partial charge in [0.25, 0.3) is 0 Å². The number of benzene rings is 7. The third-order valence-corrected chi connectivity index (χ3v) is 12.1. The number of hydrogen-bond donors (Lipinski definition) is 0. The van der Waals surface area contributed by atoms with Crippen molar-refractivity contribution in [3.8, 4) is 28.4 Å². The van der Waals surface area contributed by atoms with Crippen LogP contribution in [0.4, 0.5) is 17.1 Å². The van der Waals surface area contributed by atoms with Gasteiger partial charge in [-0.2, -0.15) is 0 Å². The normalized spacial score (nSPS) is 17.8. The fraction of sp³-hybridized carbons (Fsp3) is 0.0667. The maximum Gasteiger partial charge on any atom is 0.141 e. The Hall–Kier alpha value is -5.71. The average molecular weight is 648 g/mol. The van der Waals surface area contributed by atoms with Crippen LogP contribution in [-0.2, 0) is 5.41 Å². The van der Waals surface area contributed by atoms with E-state index in [1.165, 1.54) is 49.4 Å². The molecule has 3 nitrogen and oxygen atoms in total. The first-order chi connectivity index (χ1) is 24.3. The van der Waals surface area contributed by atoms with E-state index in [4.69, 9.17) is 9.47 Å². The summed E-state index contributed by atoms with van der Waals surface area (Å²) < 4.78 is 13.3. The van der Waals surface area contributed by atoms with E-state index in [0.717, 1.165) is 34.3 Å². The van der Waals surface area contributed by atoms with E-state index in [2.05, 4.69) is 169 Å². The SMILES string of the molecule is c1ccc(N(c2ccc3c(c2)OC2c4ccccc4SC32)c2ccc3c(c2)-c2ccccc2C32c3ccccc3Oc3ccccc32)cc1. The van der Waals surface area contributed by atoms with Crippen molar-refractivity contribution < 1.29 is 9.47 Å². The summed E-state index contributed by atoms with van der Waals surface area (Å²) in [6, 6.07) is 59.0. The van der Waals surface area contributed by atoms with E-state index in [9.17, 15) is 0 Å². The molecule has 2 atom stereocenters. The minimum Gasteiger partial charge on any atom is -0.484 e. The predicted molar refractivity (Wildman–Crippen MR) is 197 cm³/mol. The van der Waals surface area contributed by atoms with Crippen LogP contribution in [-0.4, -0.2) is 0 Å². The lowest BCUT2D eigenvalue weighted by molar-refractivity contribution is 0.237. The van der Waals surface area contributed by atoms with Gasteiger partial charge in [-0.15, -0.1) is 11.8 Å². The Morgan fingerprint density at radius 1 is 0.469 bits per heavy atom. The number of fused-ring (bicyclic) bond motifs is 14. The highest BCUT2D eigenvalue weighted by molar-refractivity contribution is 8.00. The van der Waals surface area contributed by atoms with Gasteiger partial charge in [0.05, 0.1) is 10.7 Å². The summed E-state index contributed by atoms with van der Waals surface area (Å²) >= 11 is 1.92. The Morgan fingerprint density at radius 3 is 1.92 bits per heavy atom. The zero-order valence-electron chi connectivity index (χ0n) is 26.4. The summed E-state index contributed by atoms with van der Waals surface area (Å²) in [5.74, 6) is 2.78. The lowest BCUT2D eigenvalue weighted by Gasteiger charge is -2.39. The number of hydrogen-bond acceptors (Lipinski definition) is 4. The number of anilines is 3. The van der Waals surface area contributed by atoms with Crippen LogP contribution >= 0.6 is 11.8 Å². The van der Waals surface area contributed by atoms with Crippen molar-refractivity contribution >= 4 is 28.8 Å². The largest absolute Gasteiger partial charge is 0.484 e. The fourth-order valence-electron chi connectivity index (χ4n) is 8.68. The molecule has 3 heterocycles. The number of ether oxygens (including phenoxy) is 2. The quantitative estimate of drug-likeness (QED) is 0.190. The molecule has 7 aromatic rings. The highest BCUT2D eigenvalue weighted by atomic mass is 32.2. The molecule has 0 radical (unpaired) electrons. The van der Waals surface area contributed by atoms with Crippen molar-refractivity contribution in [2.45, 2.75) is 21.7 Å². The molecule has 49 heavy (non-hydrogen) atoms. The van der Waals surface area contributed by atoms with Crippen molar-refractivity contribution in [1.82, 2.24) is 0 Å². The third kappa shape index (κ3) is 3.70. The molecule has 0 bridgehead atoms. The van der Waals surface area contributed by atoms with Gasteiger partial charge in [0, 0.05) is 50.3 Å². The van der Waals surface area contributed by atoms with Crippen molar-refractivity contribution in [3.63, 3.8) is 0 Å². The summed E-state index contributed by atoms with van der Waals surface area (Å²) in [5, 5.41) is 0.282. The molecule has 0 saturated carbocycles. The zero-order chi connectivity index (χ0) is 32.1. The van der Waals surface area contributed by atoms with Crippen LogP contribution in [0.25, 0.3) is 11.1 Å². The van der Waals surface area contributed by atoms with Crippen LogP contribution in [0, 0.1) is 0 Å². The Kier molecular flexibility index (Phi) is 5.65. The molecule has 7 aromatic carbocycles. The minimum atomic E-state index is -0.485. The highest BCUT2D eigenvalue weighted by Gasteiger charge is 2.51. The van der Waals surface area contributed by atoms with Gasteiger partial charge >= 0.3 is 0 Å². The number of rotatable bonds is 3. The molecular formula is C45H29NO2S. The molecule has 0 amide bonds. The second-order valence-corrected chi connectivity index (χ2v) is 14.3. The van der Waals surface area contributed by atoms with Gasteiger partial charge in [0.2, 0.25) is 0 Å². The average Bonchev–Trinajstić information content (AvgIpc) is 3.79. The molecule has 4 heteroatoms. The van der Waals surface area contributed by atoms with E-state index in [-0.39, 0.29) is 11.4 Å². The fourth-order valence-corrected chi connectivity index (χ4v) is 10.1. The molecule has 232 valence electrons. The van der Waals surface area contributed by atoms with Crippen molar-refractivity contribution in [1.29, 1.82) is 0 Å². The molecule has 0 fully saturated rings. The monoisotopic (exact) mass is 647 g/mol. The molecule has 2 unspecified atom stereocenters. The van der Waals surface area contributed by atoms with Crippen LogP contribution in [0.2, 0.25) is 0 Å². The first kappa shape index (κ1) is 27.3. The van der Waals surface area contributed by atoms with E-state index < -0.39 is 5.41 Å². The lowest BCUT2D eigenvalue weighted by Crippen LogP contribution is -2.32. The third-order valence-electron chi connectivity index (χ3n) is 10.7. The summed E-state index contributed by atoms with van der Waals surface area (Å²) in [6.45, 7) is 0. The van der Waals surface area contributed by atoms with E-state index in [1.54, 1.807) is 0 Å². The van der Waals surface area contributed by atoms with Gasteiger partial charge in [-0.1, -0.05) is 109 Å². The summed E-state index contributed by atoms with van der Waals surface area (Å²) in [4.78, 5) is 3.68. The molecule has 11 rings (SSSR count). The first-order valence-corrected chi connectivity index (χ1v) is 17.7. The zero-order valence-corrected chi connectivity index (χ0v) is 27.2.